The van der Waals surface area contributed by atoms with Gasteiger partial charge in [-0.25, -0.2) is 0 Å². The summed E-state index contributed by atoms with van der Waals surface area (Å²) in [5.41, 5.74) is 4.15. The minimum atomic E-state index is -0.0531. The van der Waals surface area contributed by atoms with E-state index in [1.165, 1.54) is 0 Å². The van der Waals surface area contributed by atoms with Crippen LogP contribution in [0.5, 0.6) is 5.75 Å². The number of benzene rings is 1. The van der Waals surface area contributed by atoms with Gasteiger partial charge in [-0.05, 0) is 67.1 Å². The molecule has 3 nitrogen and oxygen atoms in total. The number of pyridine rings is 1. The molecule has 21 heavy (non-hydrogen) atoms. The molecule has 1 unspecified atom stereocenters. The molecule has 0 radical (unpaired) electrons. The van der Waals surface area contributed by atoms with Gasteiger partial charge < -0.3 is 4.74 Å². The first kappa shape index (κ1) is 13.8. The number of ether oxygens (including phenoxy) is 1. The van der Waals surface area contributed by atoms with E-state index in [4.69, 9.17) is 4.74 Å². The second-order valence-corrected chi connectivity index (χ2v) is 5.56. The predicted molar refractivity (Wildman–Crippen MR) is 82.0 cm³/mol. The van der Waals surface area contributed by atoms with Crippen LogP contribution in [0.25, 0.3) is 0 Å². The van der Waals surface area contributed by atoms with Crippen molar-refractivity contribution in [3.05, 3.63) is 58.9 Å². The Labute approximate surface area is 125 Å². The molecule has 0 N–H and O–H groups in total. The molecule has 2 aromatic rings. The van der Waals surface area contributed by atoms with E-state index in [1.807, 2.05) is 37.4 Å². The summed E-state index contributed by atoms with van der Waals surface area (Å²) in [6, 6.07) is 7.76. The van der Waals surface area contributed by atoms with Crippen molar-refractivity contribution in [3.63, 3.8) is 0 Å². The molecule has 1 aromatic carbocycles. The van der Waals surface area contributed by atoms with Gasteiger partial charge in [-0.3, -0.25) is 9.78 Å². The van der Waals surface area contributed by atoms with Gasteiger partial charge in [0.15, 0.2) is 5.78 Å². The molecule has 1 aliphatic carbocycles. The van der Waals surface area contributed by atoms with Gasteiger partial charge in [0.05, 0.1) is 7.11 Å². The summed E-state index contributed by atoms with van der Waals surface area (Å²) in [4.78, 5) is 17.1. The lowest BCUT2D eigenvalue weighted by molar-refractivity contribution is 0.0957. The van der Waals surface area contributed by atoms with Gasteiger partial charge >= 0.3 is 0 Å². The van der Waals surface area contributed by atoms with Crippen molar-refractivity contribution in [2.24, 2.45) is 0 Å². The van der Waals surface area contributed by atoms with E-state index in [0.29, 0.717) is 0 Å². The number of nitrogens with zero attached hydrogens (tertiary/aromatic N) is 1. The fraction of sp³-hybridized carbons (Fsp3) is 0.333. The third kappa shape index (κ3) is 2.56. The molecule has 3 heteroatoms. The van der Waals surface area contributed by atoms with E-state index in [0.717, 1.165) is 47.3 Å². The van der Waals surface area contributed by atoms with Crippen molar-refractivity contribution < 1.29 is 9.53 Å². The normalized spacial score (nSPS) is 18.0. The van der Waals surface area contributed by atoms with E-state index in [1.54, 1.807) is 13.3 Å². The number of methoxy groups -OCH3 is 1. The average Bonchev–Trinajstić information content (AvgIpc) is 2.67. The summed E-state index contributed by atoms with van der Waals surface area (Å²) in [6.45, 7) is 2.02. The van der Waals surface area contributed by atoms with Gasteiger partial charge in [0, 0.05) is 23.9 Å². The van der Waals surface area contributed by atoms with Crippen molar-refractivity contribution >= 4 is 5.78 Å². The maximum Gasteiger partial charge on any atom is 0.170 e. The number of ketones is 1. The number of Topliss-reactive ketones (excluding diaryl/α,β-unsaturated/α-hetero) is 1. The molecule has 0 saturated heterocycles. The molecule has 1 atom stereocenters. The topological polar surface area (TPSA) is 39.2 Å². The molecule has 0 saturated carbocycles. The standard InChI is InChI=1S/C18H19NO2/c1-12-11-19-9-8-15(12)17-5-3-4-13-10-14(21-2)6-7-16(13)18(17)20/h6-11,17H,3-5H2,1-2H3. The van der Waals surface area contributed by atoms with Gasteiger partial charge in [0.25, 0.3) is 0 Å². The first-order valence-electron chi connectivity index (χ1n) is 7.32. The quantitative estimate of drug-likeness (QED) is 0.788. The smallest absolute Gasteiger partial charge is 0.170 e. The lowest BCUT2D eigenvalue weighted by Gasteiger charge is -2.16. The van der Waals surface area contributed by atoms with Crippen molar-refractivity contribution in [3.8, 4) is 5.75 Å². The Morgan fingerprint density at radius 3 is 2.90 bits per heavy atom. The maximum atomic E-state index is 12.9. The second kappa shape index (κ2) is 5.68. The Kier molecular flexibility index (Phi) is 3.74. The average molecular weight is 281 g/mol. The lowest BCUT2D eigenvalue weighted by Crippen LogP contribution is -2.13. The van der Waals surface area contributed by atoms with Gasteiger partial charge in [-0.15, -0.1) is 0 Å². The summed E-state index contributed by atoms with van der Waals surface area (Å²) in [5.74, 6) is 0.988. The number of fused-ring (bicyclic) bond motifs is 1. The third-order valence-corrected chi connectivity index (χ3v) is 4.27. The van der Waals surface area contributed by atoms with Crippen LogP contribution in [0.4, 0.5) is 0 Å². The highest BCUT2D eigenvalue weighted by molar-refractivity contribution is 6.02. The Hall–Kier alpha value is -2.16. The lowest BCUT2D eigenvalue weighted by atomic mass is 9.87. The number of hydrogen-bond donors (Lipinski definition) is 0. The van der Waals surface area contributed by atoms with Crippen LogP contribution in [-0.4, -0.2) is 17.9 Å². The van der Waals surface area contributed by atoms with Crippen molar-refractivity contribution in [2.75, 3.05) is 7.11 Å². The molecule has 3 rings (SSSR count). The van der Waals surface area contributed by atoms with E-state index >= 15 is 0 Å². The summed E-state index contributed by atoms with van der Waals surface area (Å²) in [7, 11) is 1.66. The van der Waals surface area contributed by atoms with E-state index < -0.39 is 0 Å². The predicted octanol–water partition coefficient (Wildman–Crippen LogP) is 3.70. The number of aryl methyl sites for hydroxylation is 2. The molecular weight excluding hydrogens is 262 g/mol. The molecule has 0 spiro atoms. The zero-order valence-electron chi connectivity index (χ0n) is 12.4. The molecular formula is C18H19NO2. The van der Waals surface area contributed by atoms with Crippen LogP contribution in [0.3, 0.4) is 0 Å². The summed E-state index contributed by atoms with van der Waals surface area (Å²) in [5, 5.41) is 0. The van der Waals surface area contributed by atoms with Crippen LogP contribution in [0.2, 0.25) is 0 Å². The van der Waals surface area contributed by atoms with Crippen LogP contribution in [0, 0.1) is 6.92 Å². The molecule has 0 fully saturated rings. The highest BCUT2D eigenvalue weighted by Gasteiger charge is 2.27. The molecule has 1 aromatic heterocycles. The van der Waals surface area contributed by atoms with E-state index in [-0.39, 0.29) is 11.7 Å². The van der Waals surface area contributed by atoms with Gasteiger partial charge in [-0.2, -0.15) is 0 Å². The molecule has 0 aliphatic heterocycles. The Balaban J connectivity index is 2.03. The van der Waals surface area contributed by atoms with Gasteiger partial charge in [-0.1, -0.05) is 0 Å². The van der Waals surface area contributed by atoms with Crippen LogP contribution in [-0.2, 0) is 6.42 Å². The number of hydrogen-bond acceptors (Lipinski definition) is 3. The minimum Gasteiger partial charge on any atom is -0.497 e. The minimum absolute atomic E-state index is 0.0531. The highest BCUT2D eigenvalue weighted by atomic mass is 16.5. The Bertz CT molecular complexity index is 679. The Morgan fingerprint density at radius 1 is 1.29 bits per heavy atom. The molecule has 108 valence electrons. The molecule has 1 heterocycles. The SMILES string of the molecule is COc1ccc2c(c1)CCCC(c1ccncc1C)C2=O. The second-order valence-electron chi connectivity index (χ2n) is 5.56. The summed E-state index contributed by atoms with van der Waals surface area (Å²) >= 11 is 0. The fourth-order valence-electron chi connectivity index (χ4n) is 3.13. The monoisotopic (exact) mass is 281 g/mol. The van der Waals surface area contributed by atoms with Crippen LogP contribution in [0.1, 0.15) is 45.8 Å². The molecule has 0 amide bonds. The third-order valence-electron chi connectivity index (χ3n) is 4.27. The van der Waals surface area contributed by atoms with E-state index in [9.17, 15) is 4.79 Å². The highest BCUT2D eigenvalue weighted by Crippen LogP contribution is 2.34. The number of carbonyl (C=O) groups is 1. The number of carbonyl (C=O) groups excluding carboxylic acids is 1. The van der Waals surface area contributed by atoms with Crippen molar-refractivity contribution in [1.29, 1.82) is 0 Å². The zero-order valence-corrected chi connectivity index (χ0v) is 12.4. The largest absolute Gasteiger partial charge is 0.497 e. The van der Waals surface area contributed by atoms with Crippen LogP contribution >= 0.6 is 0 Å². The first-order chi connectivity index (χ1) is 10.2. The number of aromatic nitrogens is 1. The fourth-order valence-corrected chi connectivity index (χ4v) is 3.13. The maximum absolute atomic E-state index is 12.9. The molecule has 0 bridgehead atoms. The summed E-state index contributed by atoms with van der Waals surface area (Å²) in [6.07, 6.45) is 6.44. The van der Waals surface area contributed by atoms with Gasteiger partial charge in [0.1, 0.15) is 5.75 Å². The Morgan fingerprint density at radius 2 is 2.14 bits per heavy atom. The van der Waals surface area contributed by atoms with Gasteiger partial charge in [0.2, 0.25) is 0 Å². The molecule has 1 aliphatic rings. The van der Waals surface area contributed by atoms with Crippen LogP contribution < -0.4 is 4.74 Å². The number of rotatable bonds is 2. The van der Waals surface area contributed by atoms with Crippen molar-refractivity contribution in [1.82, 2.24) is 4.98 Å². The zero-order chi connectivity index (χ0) is 14.8. The summed E-state index contributed by atoms with van der Waals surface area (Å²) < 4.78 is 5.27. The van der Waals surface area contributed by atoms with Crippen LogP contribution in [0.15, 0.2) is 36.7 Å². The van der Waals surface area contributed by atoms with E-state index in [2.05, 4.69) is 4.98 Å². The first-order valence-corrected chi connectivity index (χ1v) is 7.32. The van der Waals surface area contributed by atoms with Crippen molar-refractivity contribution in [2.45, 2.75) is 32.1 Å².